The molecule has 2 aliphatic rings. The first-order chi connectivity index (χ1) is 15.2. The number of amides is 3. The summed E-state index contributed by atoms with van der Waals surface area (Å²) in [6, 6.07) is 15.7. The Morgan fingerprint density at radius 2 is 1.84 bits per heavy atom. The minimum absolute atomic E-state index is 0.00368. The second-order valence-corrected chi connectivity index (χ2v) is 10.1. The third-order valence-electron chi connectivity index (χ3n) is 6.14. The average Bonchev–Trinajstić information content (AvgIpc) is 3.51. The molecule has 7 heteroatoms. The molecule has 2 atom stereocenters. The largest absolute Gasteiger partial charge is 0.330 e. The number of anilines is 1. The van der Waals surface area contributed by atoms with Crippen molar-refractivity contribution in [1.82, 2.24) is 9.80 Å². The fraction of sp³-hybridized carbons (Fsp3) is 0.333. The number of likely N-dealkylation sites (tertiary alicyclic amines) is 1. The molecule has 0 aliphatic carbocycles. The lowest BCUT2D eigenvalue weighted by molar-refractivity contribution is -0.139. The molecule has 0 spiro atoms. The molecular weight excluding hydrogens is 426 g/mol. The molecule has 0 unspecified atom stereocenters. The topological polar surface area (TPSA) is 52.7 Å². The molecule has 0 radical (unpaired) electrons. The molecule has 0 bridgehead atoms. The van der Waals surface area contributed by atoms with Crippen LogP contribution in [0.5, 0.6) is 0 Å². The van der Waals surface area contributed by atoms with Crippen molar-refractivity contribution in [3.05, 3.63) is 74.6 Å². The second-order valence-electron chi connectivity index (χ2n) is 8.08. The molecule has 31 heavy (non-hydrogen) atoms. The predicted octanol–water partition coefficient (Wildman–Crippen LogP) is 5.23. The molecule has 1 fully saturated rings. The molecule has 0 saturated carbocycles. The molecule has 2 aliphatic heterocycles. The molecule has 1 N–H and O–H groups in total. The molecule has 1 aromatic carbocycles. The first-order valence-electron chi connectivity index (χ1n) is 10.7. The molecule has 3 amide bonds. The van der Waals surface area contributed by atoms with Gasteiger partial charge in [-0.15, -0.1) is 22.7 Å². The standard InChI is InChI=1S/C24H25N3O2S2/c28-23(17-6-4-12-26(16-17)24(29)25-18-7-2-1-3-8-18)27-13-10-20-19(11-15-31-20)22(27)21-9-5-14-30-21/h1-3,5,7-9,11,14-15,17,22H,4,6,10,12-13,16H2,(H,25,29)/t17-,22+/m1/s1. The summed E-state index contributed by atoms with van der Waals surface area (Å²) < 4.78 is 0. The summed E-state index contributed by atoms with van der Waals surface area (Å²) >= 11 is 3.49. The zero-order valence-electron chi connectivity index (χ0n) is 17.2. The maximum absolute atomic E-state index is 13.7. The number of nitrogens with one attached hydrogen (secondary N) is 1. The monoisotopic (exact) mass is 451 g/mol. The molecular formula is C24H25N3O2S2. The maximum atomic E-state index is 13.7. The van der Waals surface area contributed by atoms with E-state index >= 15 is 0 Å². The Kier molecular flexibility index (Phi) is 5.78. The number of thiophene rings is 2. The summed E-state index contributed by atoms with van der Waals surface area (Å²) in [5.74, 6) is 0.0189. The van der Waals surface area contributed by atoms with Gasteiger partial charge in [-0.3, -0.25) is 4.79 Å². The van der Waals surface area contributed by atoms with Crippen LogP contribution >= 0.6 is 22.7 Å². The third-order valence-corrected chi connectivity index (χ3v) is 8.07. The van der Waals surface area contributed by atoms with E-state index in [0.717, 1.165) is 31.5 Å². The number of carbonyl (C=O) groups excluding carboxylic acids is 2. The summed E-state index contributed by atoms with van der Waals surface area (Å²) in [6.07, 6.45) is 2.59. The van der Waals surface area contributed by atoms with E-state index in [1.54, 1.807) is 27.6 Å². The van der Waals surface area contributed by atoms with Crippen LogP contribution in [-0.2, 0) is 11.2 Å². The molecule has 5 nitrogen and oxygen atoms in total. The van der Waals surface area contributed by atoms with E-state index in [2.05, 4.69) is 39.2 Å². The van der Waals surface area contributed by atoms with Gasteiger partial charge in [0.15, 0.2) is 0 Å². The van der Waals surface area contributed by atoms with Gasteiger partial charge in [0.25, 0.3) is 0 Å². The van der Waals surface area contributed by atoms with Crippen molar-refractivity contribution in [3.8, 4) is 0 Å². The van der Waals surface area contributed by atoms with Crippen molar-refractivity contribution in [1.29, 1.82) is 0 Å². The van der Waals surface area contributed by atoms with Gasteiger partial charge in [0.2, 0.25) is 5.91 Å². The van der Waals surface area contributed by atoms with E-state index in [-0.39, 0.29) is 23.9 Å². The van der Waals surface area contributed by atoms with Crippen LogP contribution in [-0.4, -0.2) is 41.4 Å². The van der Waals surface area contributed by atoms with Gasteiger partial charge in [0.1, 0.15) is 0 Å². The van der Waals surface area contributed by atoms with E-state index in [1.165, 1.54) is 15.3 Å². The zero-order valence-corrected chi connectivity index (χ0v) is 18.8. The SMILES string of the molecule is O=C(Nc1ccccc1)N1CCC[C@@H](C(=O)N2CCc3sccc3[C@H]2c2cccs2)C1. The van der Waals surface area contributed by atoms with Crippen molar-refractivity contribution in [2.24, 2.45) is 5.92 Å². The maximum Gasteiger partial charge on any atom is 0.321 e. The van der Waals surface area contributed by atoms with Crippen LogP contribution in [0.25, 0.3) is 0 Å². The average molecular weight is 452 g/mol. The van der Waals surface area contributed by atoms with E-state index in [9.17, 15) is 9.59 Å². The number of fused-ring (bicyclic) bond motifs is 1. The van der Waals surface area contributed by atoms with Crippen LogP contribution in [0.3, 0.4) is 0 Å². The van der Waals surface area contributed by atoms with E-state index < -0.39 is 0 Å². The van der Waals surface area contributed by atoms with Crippen molar-refractivity contribution in [2.75, 3.05) is 25.0 Å². The zero-order chi connectivity index (χ0) is 21.2. The first-order valence-corrected chi connectivity index (χ1v) is 12.5. The summed E-state index contributed by atoms with van der Waals surface area (Å²) in [4.78, 5) is 32.9. The van der Waals surface area contributed by atoms with E-state index in [4.69, 9.17) is 0 Å². The number of benzene rings is 1. The number of urea groups is 1. The molecule has 5 rings (SSSR count). The van der Waals surface area contributed by atoms with Gasteiger partial charge in [-0.1, -0.05) is 24.3 Å². The summed E-state index contributed by atoms with van der Waals surface area (Å²) in [6.45, 7) is 1.90. The van der Waals surface area contributed by atoms with Gasteiger partial charge in [0, 0.05) is 35.1 Å². The number of carbonyl (C=O) groups is 2. The lowest BCUT2D eigenvalue weighted by Crippen LogP contribution is -2.50. The lowest BCUT2D eigenvalue weighted by atomic mass is 9.92. The van der Waals surface area contributed by atoms with Crippen molar-refractivity contribution in [2.45, 2.75) is 25.3 Å². The van der Waals surface area contributed by atoms with E-state index in [1.807, 2.05) is 30.3 Å². The smallest absolute Gasteiger partial charge is 0.321 e. The van der Waals surface area contributed by atoms with Gasteiger partial charge in [-0.25, -0.2) is 4.79 Å². The van der Waals surface area contributed by atoms with Gasteiger partial charge >= 0.3 is 6.03 Å². The van der Waals surface area contributed by atoms with Crippen molar-refractivity contribution >= 4 is 40.3 Å². The minimum Gasteiger partial charge on any atom is -0.330 e. The van der Waals surface area contributed by atoms with E-state index in [0.29, 0.717) is 13.1 Å². The highest BCUT2D eigenvalue weighted by Gasteiger charge is 2.38. The van der Waals surface area contributed by atoms with Crippen LogP contribution in [0.15, 0.2) is 59.3 Å². The van der Waals surface area contributed by atoms with Crippen molar-refractivity contribution in [3.63, 3.8) is 0 Å². The Morgan fingerprint density at radius 1 is 0.968 bits per heavy atom. The lowest BCUT2D eigenvalue weighted by Gasteiger charge is -2.40. The Balaban J connectivity index is 1.32. The number of hydrogen-bond acceptors (Lipinski definition) is 4. The first kappa shape index (κ1) is 20.3. The van der Waals surface area contributed by atoms with Crippen LogP contribution in [0.1, 0.15) is 34.2 Å². The van der Waals surface area contributed by atoms with Gasteiger partial charge in [-0.2, -0.15) is 0 Å². The molecule has 4 heterocycles. The van der Waals surface area contributed by atoms with Crippen LogP contribution in [0.2, 0.25) is 0 Å². The highest BCUT2D eigenvalue weighted by molar-refractivity contribution is 7.10. The molecule has 2 aromatic heterocycles. The third kappa shape index (κ3) is 4.12. The van der Waals surface area contributed by atoms with Gasteiger partial charge in [0.05, 0.1) is 12.0 Å². The van der Waals surface area contributed by atoms with Gasteiger partial charge < -0.3 is 15.1 Å². The fourth-order valence-electron chi connectivity index (χ4n) is 4.63. The number of hydrogen-bond donors (Lipinski definition) is 1. The number of para-hydroxylation sites is 1. The highest BCUT2D eigenvalue weighted by atomic mass is 32.1. The second kappa shape index (κ2) is 8.85. The molecule has 3 aromatic rings. The number of rotatable bonds is 3. The summed E-state index contributed by atoms with van der Waals surface area (Å²) in [7, 11) is 0. The molecule has 1 saturated heterocycles. The Morgan fingerprint density at radius 3 is 2.65 bits per heavy atom. The normalized spacial score (nSPS) is 20.9. The molecule has 160 valence electrons. The predicted molar refractivity (Wildman–Crippen MR) is 126 cm³/mol. The van der Waals surface area contributed by atoms with Crippen molar-refractivity contribution < 1.29 is 9.59 Å². The van der Waals surface area contributed by atoms with Crippen LogP contribution in [0.4, 0.5) is 10.5 Å². The quantitative estimate of drug-likeness (QED) is 0.593. The Hall–Kier alpha value is -2.64. The summed E-state index contributed by atoms with van der Waals surface area (Å²) in [5.41, 5.74) is 2.04. The fourth-order valence-corrected chi connectivity index (χ4v) is 6.39. The number of nitrogens with zero attached hydrogens (tertiary/aromatic N) is 2. The van der Waals surface area contributed by atoms with Crippen LogP contribution < -0.4 is 5.32 Å². The minimum atomic E-state index is -0.155. The Labute approximate surface area is 190 Å². The van der Waals surface area contributed by atoms with Gasteiger partial charge in [-0.05, 0) is 59.9 Å². The Bertz CT molecular complexity index is 1050. The number of piperidine rings is 1. The van der Waals surface area contributed by atoms with Crippen LogP contribution in [0, 0.1) is 5.92 Å². The summed E-state index contributed by atoms with van der Waals surface area (Å²) in [5, 5.41) is 7.17. The highest BCUT2D eigenvalue weighted by Crippen LogP contribution is 2.40.